The van der Waals surface area contributed by atoms with E-state index in [4.69, 9.17) is 11.6 Å². The Bertz CT molecular complexity index is 626. The molecule has 2 aromatic rings. The first kappa shape index (κ1) is 14.1. The Kier molecular flexibility index (Phi) is 4.20. The van der Waals surface area contributed by atoms with Gasteiger partial charge in [0.2, 0.25) is 0 Å². The van der Waals surface area contributed by atoms with E-state index in [1.54, 1.807) is 6.20 Å². The van der Waals surface area contributed by atoms with Gasteiger partial charge in [0.05, 0.1) is 0 Å². The van der Waals surface area contributed by atoms with Gasteiger partial charge in [-0.3, -0.25) is 9.78 Å². The standard InChI is InChI=1S/C17H17ClN2O/c18-10-13-3-1-5-15(9-13)17(21)20(16-6-7-16)12-14-4-2-8-19-11-14/h1-5,8-9,11,16H,6-7,10,12H2. The van der Waals surface area contributed by atoms with Crippen molar-refractivity contribution in [2.45, 2.75) is 31.3 Å². The maximum Gasteiger partial charge on any atom is 0.254 e. The van der Waals surface area contributed by atoms with Crippen LogP contribution in [-0.4, -0.2) is 21.8 Å². The Morgan fingerprint density at radius 1 is 1.24 bits per heavy atom. The van der Waals surface area contributed by atoms with Crippen LogP contribution in [-0.2, 0) is 12.4 Å². The van der Waals surface area contributed by atoms with Gasteiger partial charge in [0.25, 0.3) is 5.91 Å². The molecule has 108 valence electrons. The van der Waals surface area contributed by atoms with Crippen molar-refractivity contribution in [1.29, 1.82) is 0 Å². The Labute approximate surface area is 129 Å². The number of benzene rings is 1. The molecule has 3 nitrogen and oxygen atoms in total. The second-order valence-electron chi connectivity index (χ2n) is 5.36. The first-order chi connectivity index (χ1) is 10.3. The molecule has 21 heavy (non-hydrogen) atoms. The zero-order valence-electron chi connectivity index (χ0n) is 11.7. The molecule has 1 aromatic heterocycles. The molecule has 3 rings (SSSR count). The zero-order valence-corrected chi connectivity index (χ0v) is 12.5. The molecule has 0 N–H and O–H groups in total. The number of aromatic nitrogens is 1. The van der Waals surface area contributed by atoms with Crippen LogP contribution in [0, 0.1) is 0 Å². The molecule has 1 saturated carbocycles. The fraction of sp³-hybridized carbons (Fsp3) is 0.294. The molecule has 1 aliphatic rings. The molecule has 0 aliphatic heterocycles. The highest BCUT2D eigenvalue weighted by atomic mass is 35.5. The number of carbonyl (C=O) groups is 1. The Morgan fingerprint density at radius 2 is 2.05 bits per heavy atom. The summed E-state index contributed by atoms with van der Waals surface area (Å²) in [5, 5.41) is 0. The van der Waals surface area contributed by atoms with E-state index in [2.05, 4.69) is 4.98 Å². The second kappa shape index (κ2) is 6.27. The largest absolute Gasteiger partial charge is 0.331 e. The summed E-state index contributed by atoms with van der Waals surface area (Å²) in [7, 11) is 0. The van der Waals surface area contributed by atoms with E-state index in [-0.39, 0.29) is 5.91 Å². The molecule has 0 atom stereocenters. The molecule has 1 fully saturated rings. The summed E-state index contributed by atoms with van der Waals surface area (Å²) in [6.45, 7) is 0.614. The van der Waals surface area contributed by atoms with Gasteiger partial charge in [-0.05, 0) is 42.2 Å². The number of nitrogens with zero attached hydrogens (tertiary/aromatic N) is 2. The SMILES string of the molecule is O=C(c1cccc(CCl)c1)N(Cc1cccnc1)C1CC1. The summed E-state index contributed by atoms with van der Waals surface area (Å²) in [5.74, 6) is 0.501. The summed E-state index contributed by atoms with van der Waals surface area (Å²) < 4.78 is 0. The third-order valence-electron chi connectivity index (χ3n) is 3.65. The van der Waals surface area contributed by atoms with Crippen LogP contribution in [0.3, 0.4) is 0 Å². The third kappa shape index (κ3) is 3.42. The number of halogens is 1. The van der Waals surface area contributed by atoms with Crippen molar-refractivity contribution < 1.29 is 4.79 Å². The average molecular weight is 301 g/mol. The van der Waals surface area contributed by atoms with Crippen molar-refractivity contribution >= 4 is 17.5 Å². The minimum Gasteiger partial charge on any atom is -0.331 e. The van der Waals surface area contributed by atoms with E-state index in [9.17, 15) is 4.79 Å². The van der Waals surface area contributed by atoms with Crippen molar-refractivity contribution in [1.82, 2.24) is 9.88 Å². The lowest BCUT2D eigenvalue weighted by atomic mass is 10.1. The highest BCUT2D eigenvalue weighted by molar-refractivity contribution is 6.17. The first-order valence-electron chi connectivity index (χ1n) is 7.12. The number of rotatable bonds is 5. The van der Waals surface area contributed by atoms with Crippen LogP contribution < -0.4 is 0 Å². The molecular formula is C17H17ClN2O. The molecular weight excluding hydrogens is 284 g/mol. The van der Waals surface area contributed by atoms with Crippen LogP contribution in [0.4, 0.5) is 0 Å². The van der Waals surface area contributed by atoms with E-state index >= 15 is 0 Å². The van der Waals surface area contributed by atoms with Crippen molar-refractivity contribution in [3.05, 3.63) is 65.5 Å². The lowest BCUT2D eigenvalue weighted by Crippen LogP contribution is -2.32. The molecule has 1 aliphatic carbocycles. The van der Waals surface area contributed by atoms with Crippen LogP contribution in [0.15, 0.2) is 48.8 Å². The number of pyridine rings is 1. The predicted octanol–water partition coefficient (Wildman–Crippen LogP) is 3.63. The van der Waals surface area contributed by atoms with Crippen molar-refractivity contribution in [3.63, 3.8) is 0 Å². The normalized spacial score (nSPS) is 14.0. The summed E-state index contributed by atoms with van der Waals surface area (Å²) in [6, 6.07) is 11.8. The second-order valence-corrected chi connectivity index (χ2v) is 5.63. The molecule has 0 radical (unpaired) electrons. The molecule has 4 heteroatoms. The predicted molar refractivity (Wildman–Crippen MR) is 83.1 cm³/mol. The Morgan fingerprint density at radius 3 is 2.71 bits per heavy atom. The van der Waals surface area contributed by atoms with Gasteiger partial charge < -0.3 is 4.90 Å². The van der Waals surface area contributed by atoms with E-state index in [1.165, 1.54) is 0 Å². The molecule has 0 bridgehead atoms. The smallest absolute Gasteiger partial charge is 0.254 e. The lowest BCUT2D eigenvalue weighted by Gasteiger charge is -2.22. The van der Waals surface area contributed by atoms with Crippen molar-refractivity contribution in [3.8, 4) is 0 Å². The summed E-state index contributed by atoms with van der Waals surface area (Å²) in [4.78, 5) is 18.8. The molecule has 0 saturated heterocycles. The van der Waals surface area contributed by atoms with E-state index < -0.39 is 0 Å². The van der Waals surface area contributed by atoms with Crippen LogP contribution >= 0.6 is 11.6 Å². The van der Waals surface area contributed by atoms with Gasteiger partial charge in [0.1, 0.15) is 0 Å². The first-order valence-corrected chi connectivity index (χ1v) is 7.66. The highest BCUT2D eigenvalue weighted by Crippen LogP contribution is 2.30. The van der Waals surface area contributed by atoms with E-state index in [1.807, 2.05) is 47.5 Å². The minimum absolute atomic E-state index is 0.0771. The molecule has 1 aromatic carbocycles. The van der Waals surface area contributed by atoms with Gasteiger partial charge in [0, 0.05) is 36.4 Å². The van der Waals surface area contributed by atoms with Gasteiger partial charge in [0.15, 0.2) is 0 Å². The average Bonchev–Trinajstić information content (AvgIpc) is 3.38. The minimum atomic E-state index is 0.0771. The van der Waals surface area contributed by atoms with E-state index in [0.717, 1.165) is 24.0 Å². The molecule has 0 unspecified atom stereocenters. The number of carbonyl (C=O) groups excluding carboxylic acids is 1. The van der Waals surface area contributed by atoms with Gasteiger partial charge in [-0.1, -0.05) is 18.2 Å². The number of hydrogen-bond acceptors (Lipinski definition) is 2. The number of alkyl halides is 1. The number of amides is 1. The van der Waals surface area contributed by atoms with Crippen LogP contribution in [0.5, 0.6) is 0 Å². The topological polar surface area (TPSA) is 33.2 Å². The summed E-state index contributed by atoms with van der Waals surface area (Å²) in [6.07, 6.45) is 5.73. The van der Waals surface area contributed by atoms with Crippen molar-refractivity contribution in [2.75, 3.05) is 0 Å². The van der Waals surface area contributed by atoms with Crippen molar-refractivity contribution in [2.24, 2.45) is 0 Å². The zero-order chi connectivity index (χ0) is 14.7. The fourth-order valence-corrected chi connectivity index (χ4v) is 2.56. The maximum atomic E-state index is 12.8. The number of hydrogen-bond donors (Lipinski definition) is 0. The van der Waals surface area contributed by atoms with Gasteiger partial charge >= 0.3 is 0 Å². The molecule has 1 amide bonds. The summed E-state index contributed by atoms with van der Waals surface area (Å²) in [5.41, 5.74) is 2.75. The fourth-order valence-electron chi connectivity index (χ4n) is 2.39. The monoisotopic (exact) mass is 300 g/mol. The van der Waals surface area contributed by atoms with Gasteiger partial charge in [-0.15, -0.1) is 11.6 Å². The van der Waals surface area contributed by atoms with Crippen LogP contribution in [0.2, 0.25) is 0 Å². The Balaban J connectivity index is 1.81. The third-order valence-corrected chi connectivity index (χ3v) is 3.96. The van der Waals surface area contributed by atoms with Gasteiger partial charge in [-0.25, -0.2) is 0 Å². The van der Waals surface area contributed by atoms with Crippen LogP contribution in [0.1, 0.15) is 34.3 Å². The van der Waals surface area contributed by atoms with E-state index in [0.29, 0.717) is 24.0 Å². The maximum absolute atomic E-state index is 12.8. The van der Waals surface area contributed by atoms with Crippen LogP contribution in [0.25, 0.3) is 0 Å². The molecule has 1 heterocycles. The Hall–Kier alpha value is -1.87. The quantitative estimate of drug-likeness (QED) is 0.790. The highest BCUT2D eigenvalue weighted by Gasteiger charge is 2.33. The lowest BCUT2D eigenvalue weighted by molar-refractivity contribution is 0.0729. The van der Waals surface area contributed by atoms with Gasteiger partial charge in [-0.2, -0.15) is 0 Å². The summed E-state index contributed by atoms with van der Waals surface area (Å²) >= 11 is 5.85. The molecule has 0 spiro atoms.